The third-order valence-corrected chi connectivity index (χ3v) is 4.44. The fourth-order valence-corrected chi connectivity index (χ4v) is 3.49. The highest BCUT2D eigenvalue weighted by Gasteiger charge is 2.36. The lowest BCUT2D eigenvalue weighted by Crippen LogP contribution is -2.26. The molecule has 3 heteroatoms. The van der Waals surface area contributed by atoms with E-state index in [1.165, 1.54) is 32.1 Å². The van der Waals surface area contributed by atoms with E-state index < -0.39 is 0 Å². The van der Waals surface area contributed by atoms with Crippen molar-refractivity contribution in [2.75, 3.05) is 13.2 Å². The van der Waals surface area contributed by atoms with Crippen molar-refractivity contribution in [3.8, 4) is 0 Å². The molecule has 1 heterocycles. The minimum absolute atomic E-state index is 0.00206. The summed E-state index contributed by atoms with van der Waals surface area (Å²) in [5.74, 6) is 2.78. The van der Waals surface area contributed by atoms with Crippen LogP contribution in [0.2, 0.25) is 0 Å². The predicted molar refractivity (Wildman–Crippen MR) is 67.9 cm³/mol. The first-order valence-electron chi connectivity index (χ1n) is 7.38. The Morgan fingerprint density at radius 1 is 0.833 bits per heavy atom. The summed E-state index contributed by atoms with van der Waals surface area (Å²) in [6.45, 7) is 1.26. The second-order valence-corrected chi connectivity index (χ2v) is 5.67. The molecule has 3 nitrogen and oxygen atoms in total. The van der Waals surface area contributed by atoms with Gasteiger partial charge in [-0.2, -0.15) is 0 Å². The van der Waals surface area contributed by atoms with Gasteiger partial charge in [-0.3, -0.25) is 4.79 Å². The van der Waals surface area contributed by atoms with Crippen LogP contribution >= 0.6 is 0 Å². The van der Waals surface area contributed by atoms with Gasteiger partial charge in [0, 0.05) is 12.3 Å². The number of hydrogen-bond acceptors (Lipinski definition) is 3. The Morgan fingerprint density at radius 3 is 2.22 bits per heavy atom. The van der Waals surface area contributed by atoms with Gasteiger partial charge in [0.25, 0.3) is 0 Å². The van der Waals surface area contributed by atoms with Crippen molar-refractivity contribution in [3.05, 3.63) is 11.5 Å². The van der Waals surface area contributed by atoms with Crippen LogP contribution in [0.4, 0.5) is 0 Å². The molecule has 0 bridgehead atoms. The van der Waals surface area contributed by atoms with Gasteiger partial charge < -0.3 is 9.47 Å². The van der Waals surface area contributed by atoms with Crippen molar-refractivity contribution < 1.29 is 14.3 Å². The zero-order valence-electron chi connectivity index (χ0n) is 11.0. The summed E-state index contributed by atoms with van der Waals surface area (Å²) in [5, 5.41) is 0. The number of hydrogen-bond donors (Lipinski definition) is 0. The van der Waals surface area contributed by atoms with E-state index >= 15 is 0 Å². The molecular formula is C15H22O3. The second-order valence-electron chi connectivity index (χ2n) is 5.67. The van der Waals surface area contributed by atoms with E-state index in [2.05, 4.69) is 0 Å². The number of ether oxygens (including phenoxy) is 2. The van der Waals surface area contributed by atoms with Gasteiger partial charge in [0.1, 0.15) is 30.5 Å². The topological polar surface area (TPSA) is 35.5 Å². The predicted octanol–water partition coefficient (Wildman–Crippen LogP) is 3.19. The molecule has 3 rings (SSSR count). The molecule has 1 aliphatic heterocycles. The van der Waals surface area contributed by atoms with Crippen molar-refractivity contribution >= 4 is 5.78 Å². The van der Waals surface area contributed by atoms with Gasteiger partial charge in [0.05, 0.1) is 5.92 Å². The van der Waals surface area contributed by atoms with Crippen LogP contribution in [0.1, 0.15) is 51.4 Å². The quantitative estimate of drug-likeness (QED) is 0.755. The number of carbonyl (C=O) groups is 1. The van der Waals surface area contributed by atoms with Gasteiger partial charge >= 0.3 is 0 Å². The van der Waals surface area contributed by atoms with Crippen molar-refractivity contribution in [3.63, 3.8) is 0 Å². The van der Waals surface area contributed by atoms with Gasteiger partial charge in [0.15, 0.2) is 0 Å². The Labute approximate surface area is 109 Å². The number of carbonyl (C=O) groups excluding carboxylic acids is 1. The first-order chi connectivity index (χ1) is 8.86. The largest absolute Gasteiger partial charge is 0.491 e. The minimum Gasteiger partial charge on any atom is -0.491 e. The summed E-state index contributed by atoms with van der Waals surface area (Å²) in [6, 6.07) is 0. The summed E-state index contributed by atoms with van der Waals surface area (Å²) < 4.78 is 11.7. The molecule has 2 aliphatic carbocycles. The third-order valence-electron chi connectivity index (χ3n) is 4.44. The van der Waals surface area contributed by atoms with Gasteiger partial charge in [-0.25, -0.2) is 0 Å². The van der Waals surface area contributed by atoms with E-state index in [0.717, 1.165) is 30.8 Å². The maximum Gasteiger partial charge on any atom is 0.144 e. The molecule has 0 aromatic heterocycles. The monoisotopic (exact) mass is 250 g/mol. The van der Waals surface area contributed by atoms with Gasteiger partial charge in [0.2, 0.25) is 0 Å². The highest BCUT2D eigenvalue weighted by atomic mass is 16.6. The molecule has 0 radical (unpaired) electrons. The highest BCUT2D eigenvalue weighted by Crippen LogP contribution is 2.39. The molecule has 3 aliphatic rings. The fraction of sp³-hybridized carbons (Fsp3) is 0.800. The smallest absolute Gasteiger partial charge is 0.144 e. The lowest BCUT2D eigenvalue weighted by Gasteiger charge is -2.31. The average Bonchev–Trinajstić information content (AvgIpc) is 2.86. The van der Waals surface area contributed by atoms with Crippen LogP contribution in [0.25, 0.3) is 0 Å². The van der Waals surface area contributed by atoms with E-state index in [0.29, 0.717) is 24.9 Å². The molecule has 2 fully saturated rings. The van der Waals surface area contributed by atoms with Crippen LogP contribution in [0, 0.1) is 11.8 Å². The first-order valence-corrected chi connectivity index (χ1v) is 7.38. The van der Waals surface area contributed by atoms with Gasteiger partial charge in [-0.1, -0.05) is 19.3 Å². The summed E-state index contributed by atoms with van der Waals surface area (Å²) in [7, 11) is 0. The number of ketones is 1. The van der Waals surface area contributed by atoms with E-state index in [1.807, 2.05) is 0 Å². The fourth-order valence-electron chi connectivity index (χ4n) is 3.49. The van der Waals surface area contributed by atoms with Crippen LogP contribution in [0.15, 0.2) is 11.5 Å². The van der Waals surface area contributed by atoms with Gasteiger partial charge in [-0.15, -0.1) is 0 Å². The normalized spacial score (nSPS) is 30.2. The maximum absolute atomic E-state index is 11.9. The van der Waals surface area contributed by atoms with Crippen molar-refractivity contribution in [1.29, 1.82) is 0 Å². The molecule has 1 atom stereocenters. The Morgan fingerprint density at radius 2 is 1.56 bits per heavy atom. The molecule has 0 aromatic carbocycles. The Balaban J connectivity index is 1.84. The number of allylic oxidation sites excluding steroid dienone is 2. The minimum atomic E-state index is 0.00206. The summed E-state index contributed by atoms with van der Waals surface area (Å²) in [4.78, 5) is 11.9. The van der Waals surface area contributed by atoms with E-state index in [1.54, 1.807) is 0 Å². The van der Waals surface area contributed by atoms with Gasteiger partial charge in [-0.05, 0) is 25.7 Å². The highest BCUT2D eigenvalue weighted by molar-refractivity contribution is 5.85. The SMILES string of the molecule is O=C1CCCC1C1=C(C2CCCCC2)OCCO1. The molecule has 2 saturated carbocycles. The van der Waals surface area contributed by atoms with Crippen LogP contribution in [-0.2, 0) is 14.3 Å². The third kappa shape index (κ3) is 2.27. The zero-order valence-corrected chi connectivity index (χ0v) is 11.0. The van der Waals surface area contributed by atoms with Crippen LogP contribution < -0.4 is 0 Å². The van der Waals surface area contributed by atoms with Crippen molar-refractivity contribution in [2.45, 2.75) is 51.4 Å². The van der Waals surface area contributed by atoms with Crippen molar-refractivity contribution in [2.24, 2.45) is 11.8 Å². The second kappa shape index (κ2) is 5.33. The summed E-state index contributed by atoms with van der Waals surface area (Å²) in [6.07, 6.45) is 8.97. The Hall–Kier alpha value is -0.990. The standard InChI is InChI=1S/C15H22O3/c16-13-8-4-7-12(13)15-14(17-9-10-18-15)11-5-2-1-3-6-11/h11-12H,1-10H2. The maximum atomic E-state index is 11.9. The Kier molecular flexibility index (Phi) is 3.57. The van der Waals surface area contributed by atoms with E-state index in [-0.39, 0.29) is 5.92 Å². The molecule has 1 unspecified atom stereocenters. The van der Waals surface area contributed by atoms with Crippen molar-refractivity contribution in [1.82, 2.24) is 0 Å². The molecule has 0 N–H and O–H groups in total. The van der Waals surface area contributed by atoms with Crippen LogP contribution in [0.5, 0.6) is 0 Å². The van der Waals surface area contributed by atoms with E-state index in [9.17, 15) is 4.79 Å². The lowest BCUT2D eigenvalue weighted by molar-refractivity contribution is -0.121. The zero-order chi connectivity index (χ0) is 12.4. The average molecular weight is 250 g/mol. The summed E-state index contributed by atoms with van der Waals surface area (Å²) in [5.41, 5.74) is 0. The molecule has 100 valence electrons. The number of Topliss-reactive ketones (excluding diaryl/α,β-unsaturated/α-hetero) is 1. The lowest BCUT2D eigenvalue weighted by atomic mass is 9.85. The first kappa shape index (κ1) is 12.1. The molecule has 18 heavy (non-hydrogen) atoms. The molecule has 0 amide bonds. The summed E-state index contributed by atoms with van der Waals surface area (Å²) >= 11 is 0. The van der Waals surface area contributed by atoms with Crippen LogP contribution in [-0.4, -0.2) is 19.0 Å². The number of rotatable bonds is 2. The molecular weight excluding hydrogens is 228 g/mol. The molecule has 0 saturated heterocycles. The van der Waals surface area contributed by atoms with E-state index in [4.69, 9.17) is 9.47 Å². The Bertz CT molecular complexity index is 353. The van der Waals surface area contributed by atoms with Crippen LogP contribution in [0.3, 0.4) is 0 Å². The molecule has 0 spiro atoms. The molecule has 0 aromatic rings.